The number of benzene rings is 1. The number of allylic oxidation sites excluding steroid dienone is 5. The van der Waals surface area contributed by atoms with Gasteiger partial charge in [0, 0.05) is 0 Å². The first-order valence-electron chi connectivity index (χ1n) is 7.77. The van der Waals surface area contributed by atoms with Crippen molar-refractivity contribution < 1.29 is 14.6 Å². The molecule has 0 saturated carbocycles. The Kier molecular flexibility index (Phi) is 3.36. The van der Waals surface area contributed by atoms with E-state index in [1.807, 2.05) is 3.88 Å². The van der Waals surface area contributed by atoms with Gasteiger partial charge in [-0.2, -0.15) is 0 Å². The summed E-state index contributed by atoms with van der Waals surface area (Å²) in [5.41, 5.74) is 3.06. The van der Waals surface area contributed by atoms with Crippen LogP contribution in [0.15, 0.2) is 52.4 Å². The summed E-state index contributed by atoms with van der Waals surface area (Å²) < 4.78 is 2.52. The van der Waals surface area contributed by atoms with E-state index in [1.165, 1.54) is 12.0 Å². The molecule has 0 amide bonds. The van der Waals surface area contributed by atoms with Crippen molar-refractivity contribution in [3.05, 3.63) is 63.6 Å². The molecular formula is C18H25SiTi. The van der Waals surface area contributed by atoms with Crippen LogP contribution in [0.3, 0.4) is 0 Å². The van der Waals surface area contributed by atoms with Gasteiger partial charge in [-0.15, -0.1) is 0 Å². The van der Waals surface area contributed by atoms with E-state index in [0.29, 0.717) is 4.22 Å². The van der Waals surface area contributed by atoms with E-state index in [-0.39, 0.29) is 0 Å². The van der Waals surface area contributed by atoms with Gasteiger partial charge in [0.2, 0.25) is 0 Å². The third-order valence-electron chi connectivity index (χ3n) is 6.32. The van der Waals surface area contributed by atoms with Crippen LogP contribution in [-0.4, -0.2) is 6.66 Å². The fourth-order valence-corrected chi connectivity index (χ4v) is 20.1. The van der Waals surface area contributed by atoms with Crippen molar-refractivity contribution >= 4 is 12.7 Å². The van der Waals surface area contributed by atoms with Gasteiger partial charge < -0.3 is 0 Å². The molecule has 0 saturated heterocycles. The molecule has 0 radical (unpaired) electrons. The number of fused-ring (bicyclic) bond motifs is 1. The van der Waals surface area contributed by atoms with Gasteiger partial charge in [0.05, 0.1) is 0 Å². The molecule has 0 bridgehead atoms. The van der Waals surface area contributed by atoms with Gasteiger partial charge in [-0.1, -0.05) is 0 Å². The van der Waals surface area contributed by atoms with Gasteiger partial charge >= 0.3 is 125 Å². The quantitative estimate of drug-likeness (QED) is 0.658. The van der Waals surface area contributed by atoms with Gasteiger partial charge in [0.1, 0.15) is 0 Å². The van der Waals surface area contributed by atoms with Crippen LogP contribution in [-0.2, 0) is 14.6 Å². The molecule has 0 aliphatic heterocycles. The molecule has 0 heterocycles. The second-order valence-electron chi connectivity index (χ2n) is 7.55. The Bertz CT molecular complexity index is 635. The second kappa shape index (κ2) is 4.69. The van der Waals surface area contributed by atoms with Crippen LogP contribution in [0.2, 0.25) is 23.6 Å². The molecule has 2 heteroatoms. The van der Waals surface area contributed by atoms with Crippen molar-refractivity contribution in [3.63, 3.8) is 0 Å². The molecule has 2 aliphatic rings. The van der Waals surface area contributed by atoms with Gasteiger partial charge in [0.15, 0.2) is 0 Å². The van der Waals surface area contributed by atoms with Crippen LogP contribution in [0.25, 0.3) is 6.08 Å². The fourth-order valence-electron chi connectivity index (χ4n) is 3.99. The Morgan fingerprint density at radius 2 is 1.90 bits per heavy atom. The zero-order valence-electron chi connectivity index (χ0n) is 13.1. The van der Waals surface area contributed by atoms with E-state index >= 15 is 0 Å². The summed E-state index contributed by atoms with van der Waals surface area (Å²) >= 11 is -2.67. The molecule has 1 unspecified atom stereocenters. The maximum atomic E-state index is 2.71. The number of hydrogen-bond donors (Lipinski definition) is 0. The van der Waals surface area contributed by atoms with Crippen LogP contribution in [0.5, 0.6) is 0 Å². The average molecular weight is 317 g/mol. The molecule has 0 spiro atoms. The van der Waals surface area contributed by atoms with Gasteiger partial charge in [-0.3, -0.25) is 0 Å². The summed E-state index contributed by atoms with van der Waals surface area (Å²) in [6.07, 6.45) is 13.2. The summed E-state index contributed by atoms with van der Waals surface area (Å²) in [5, 5.41) is 5.42. The van der Waals surface area contributed by atoms with Crippen molar-refractivity contribution in [2.45, 2.75) is 34.2 Å². The number of hydrogen-bond acceptors (Lipinski definition) is 0. The molecule has 2 aliphatic carbocycles. The van der Waals surface area contributed by atoms with Crippen molar-refractivity contribution in [1.29, 1.82) is 0 Å². The van der Waals surface area contributed by atoms with Gasteiger partial charge in [-0.05, 0) is 0 Å². The van der Waals surface area contributed by atoms with E-state index in [9.17, 15) is 0 Å². The Labute approximate surface area is 125 Å². The molecule has 3 rings (SSSR count). The predicted octanol–water partition coefficient (Wildman–Crippen LogP) is 5.37. The van der Waals surface area contributed by atoms with Crippen LogP contribution < -0.4 is 0 Å². The van der Waals surface area contributed by atoms with Crippen LogP contribution in [0.1, 0.15) is 21.8 Å². The Balaban J connectivity index is 2.17. The third-order valence-corrected chi connectivity index (χ3v) is 37.0. The molecule has 0 aromatic heterocycles. The summed E-state index contributed by atoms with van der Waals surface area (Å²) in [4.78, 5) is 0. The molecule has 1 aromatic rings. The van der Waals surface area contributed by atoms with Crippen LogP contribution >= 0.6 is 0 Å². The third kappa shape index (κ3) is 1.83. The minimum absolute atomic E-state index is 0.709. The van der Waals surface area contributed by atoms with Gasteiger partial charge in [-0.25, -0.2) is 0 Å². The van der Waals surface area contributed by atoms with E-state index in [0.717, 1.165) is 0 Å². The molecule has 1 aromatic carbocycles. The van der Waals surface area contributed by atoms with E-state index in [1.54, 1.807) is 5.56 Å². The summed E-state index contributed by atoms with van der Waals surface area (Å²) in [6.45, 7) is 4.43. The maximum absolute atomic E-state index is 2.71. The predicted molar refractivity (Wildman–Crippen MR) is 90.7 cm³/mol. The second-order valence-corrected chi connectivity index (χ2v) is 32.7. The first-order chi connectivity index (χ1) is 9.44. The molecule has 0 fully saturated rings. The fraction of sp³-hybridized carbons (Fsp3) is 0.333. The molecule has 1 atom stereocenters. The standard InChI is InChI=1S/C9H7.C5H5.C2H7Si.2CH3.Ti/c1-2-5-9-7-3-6-8(9)4-1;1-2-4-5-3-1;1-3-2;;;/h1-7H;1-3H,4H2;3H,1-2H3;2*1H3;. The SMILES string of the molecule is C[SiH](C)[Ti]([CH3])([CH3])([C]1=CC=CC1)[CH]1C=Cc2ccccc21. The van der Waals surface area contributed by atoms with Crippen LogP contribution in [0.4, 0.5) is 0 Å². The molecular weight excluding hydrogens is 292 g/mol. The van der Waals surface area contributed by atoms with Crippen molar-refractivity contribution in [1.82, 2.24) is 0 Å². The van der Waals surface area contributed by atoms with E-state index < -0.39 is 21.2 Å². The first-order valence-corrected chi connectivity index (χ1v) is 18.2. The van der Waals surface area contributed by atoms with Crippen LogP contribution in [0, 0.1) is 0 Å². The summed E-state index contributed by atoms with van der Waals surface area (Å²) in [7, 11) is 0. The Morgan fingerprint density at radius 1 is 1.15 bits per heavy atom. The topological polar surface area (TPSA) is 0 Å². The van der Waals surface area contributed by atoms with Crippen molar-refractivity contribution in [2.75, 3.05) is 0 Å². The van der Waals surface area contributed by atoms with Crippen molar-refractivity contribution in [2.24, 2.45) is 0 Å². The molecule has 105 valence electrons. The van der Waals surface area contributed by atoms with Crippen molar-refractivity contribution in [3.8, 4) is 0 Å². The van der Waals surface area contributed by atoms with E-state index in [4.69, 9.17) is 0 Å². The summed E-state index contributed by atoms with van der Waals surface area (Å²) in [6, 6.07) is 9.04. The van der Waals surface area contributed by atoms with E-state index in [2.05, 4.69) is 78.2 Å². The normalized spacial score (nSPS) is 22.8. The molecule has 0 nitrogen and oxygen atoms in total. The zero-order chi connectivity index (χ0) is 14.4. The Morgan fingerprint density at radius 3 is 2.55 bits per heavy atom. The minimum atomic E-state index is -2.67. The summed E-state index contributed by atoms with van der Waals surface area (Å²) in [5.74, 6) is 0. The first kappa shape index (κ1) is 14.3. The number of rotatable bonds is 3. The monoisotopic (exact) mass is 317 g/mol. The molecule has 20 heavy (non-hydrogen) atoms. The zero-order valence-corrected chi connectivity index (χ0v) is 15.8. The average Bonchev–Trinajstić information content (AvgIpc) is 3.09. The van der Waals surface area contributed by atoms with Gasteiger partial charge in [0.25, 0.3) is 0 Å². The molecule has 0 N–H and O–H groups in total. The Hall–Kier alpha value is -0.629.